The van der Waals surface area contributed by atoms with Crippen LogP contribution in [0.25, 0.3) is 0 Å². The van der Waals surface area contributed by atoms with E-state index >= 15 is 0 Å². The summed E-state index contributed by atoms with van der Waals surface area (Å²) in [5, 5.41) is 2.80. The first-order chi connectivity index (χ1) is 9.16. The Balaban J connectivity index is 3.08. The van der Waals surface area contributed by atoms with Gasteiger partial charge in [0.25, 0.3) is 0 Å². The van der Waals surface area contributed by atoms with Gasteiger partial charge < -0.3 is 19.5 Å². The first kappa shape index (κ1) is 18.4. The summed E-state index contributed by atoms with van der Waals surface area (Å²) in [7, 11) is 0. The fourth-order valence-electron chi connectivity index (χ4n) is 1.28. The first-order valence-electron chi connectivity index (χ1n) is 7.16. The fraction of sp³-hybridized carbons (Fsp3) is 0.929. The van der Waals surface area contributed by atoms with E-state index in [1.165, 1.54) is 0 Å². The maximum Gasteiger partial charge on any atom is 0.222 e. The molecule has 0 aromatic carbocycles. The predicted octanol–water partition coefficient (Wildman–Crippen LogP) is 1.61. The van der Waals surface area contributed by atoms with Crippen LogP contribution in [0.5, 0.6) is 0 Å². The first-order valence-corrected chi connectivity index (χ1v) is 7.16. The molecule has 0 aromatic rings. The standard InChI is InChI=1S/C14H29NO4/c1-4-6-15-14(16)5-7-17-8-9-18-10-11-19-12-13(2)3/h13H,4-12H2,1-3H3,(H,15,16). The average molecular weight is 275 g/mol. The van der Waals surface area contributed by atoms with Gasteiger partial charge in [0.15, 0.2) is 0 Å². The summed E-state index contributed by atoms with van der Waals surface area (Å²) in [6, 6.07) is 0. The van der Waals surface area contributed by atoms with Gasteiger partial charge >= 0.3 is 0 Å². The Morgan fingerprint density at radius 1 is 1.00 bits per heavy atom. The third kappa shape index (κ3) is 15.3. The van der Waals surface area contributed by atoms with Crippen molar-refractivity contribution in [3.8, 4) is 0 Å². The van der Waals surface area contributed by atoms with Gasteiger partial charge in [-0.1, -0.05) is 20.8 Å². The molecular formula is C14H29NO4. The normalized spacial score (nSPS) is 10.9. The Morgan fingerprint density at radius 2 is 1.58 bits per heavy atom. The molecule has 0 aromatic heterocycles. The largest absolute Gasteiger partial charge is 0.379 e. The van der Waals surface area contributed by atoms with E-state index in [9.17, 15) is 4.79 Å². The van der Waals surface area contributed by atoms with Gasteiger partial charge in [-0.3, -0.25) is 4.79 Å². The van der Waals surface area contributed by atoms with Gasteiger partial charge in [-0.25, -0.2) is 0 Å². The van der Waals surface area contributed by atoms with E-state index < -0.39 is 0 Å². The van der Waals surface area contributed by atoms with Crippen molar-refractivity contribution in [3.05, 3.63) is 0 Å². The molecule has 0 aliphatic rings. The van der Waals surface area contributed by atoms with Crippen molar-refractivity contribution < 1.29 is 19.0 Å². The molecule has 0 atom stereocenters. The Bertz CT molecular complexity index is 210. The van der Waals surface area contributed by atoms with E-state index in [1.807, 2.05) is 6.92 Å². The minimum absolute atomic E-state index is 0.0462. The van der Waals surface area contributed by atoms with Crippen LogP contribution in [0, 0.1) is 5.92 Å². The number of ether oxygens (including phenoxy) is 3. The van der Waals surface area contributed by atoms with E-state index in [0.717, 1.165) is 19.6 Å². The molecule has 0 spiro atoms. The minimum atomic E-state index is 0.0462. The molecule has 19 heavy (non-hydrogen) atoms. The second-order valence-electron chi connectivity index (χ2n) is 4.79. The summed E-state index contributed by atoms with van der Waals surface area (Å²) in [5.41, 5.74) is 0. The minimum Gasteiger partial charge on any atom is -0.379 e. The summed E-state index contributed by atoms with van der Waals surface area (Å²) in [5.74, 6) is 0.604. The lowest BCUT2D eigenvalue weighted by atomic mass is 10.2. The quantitative estimate of drug-likeness (QED) is 0.519. The lowest BCUT2D eigenvalue weighted by molar-refractivity contribution is -0.122. The SMILES string of the molecule is CCCNC(=O)CCOCCOCCOCC(C)C. The van der Waals surface area contributed by atoms with Crippen LogP contribution >= 0.6 is 0 Å². The number of amides is 1. The number of nitrogens with one attached hydrogen (secondary N) is 1. The molecule has 0 fully saturated rings. The van der Waals surface area contributed by atoms with E-state index in [0.29, 0.717) is 45.4 Å². The third-order valence-electron chi connectivity index (χ3n) is 2.24. The summed E-state index contributed by atoms with van der Waals surface area (Å²) in [6.45, 7) is 10.5. The summed E-state index contributed by atoms with van der Waals surface area (Å²) in [4.78, 5) is 11.2. The molecular weight excluding hydrogens is 246 g/mol. The smallest absolute Gasteiger partial charge is 0.222 e. The van der Waals surface area contributed by atoms with Gasteiger partial charge in [-0.15, -0.1) is 0 Å². The van der Waals surface area contributed by atoms with Crippen molar-refractivity contribution in [3.63, 3.8) is 0 Å². The molecule has 0 bridgehead atoms. The number of hydrogen-bond acceptors (Lipinski definition) is 4. The highest BCUT2D eigenvalue weighted by Crippen LogP contribution is 1.92. The van der Waals surface area contributed by atoms with Gasteiger partial charge in [0.2, 0.25) is 5.91 Å². The zero-order valence-electron chi connectivity index (χ0n) is 12.6. The van der Waals surface area contributed by atoms with E-state index in [-0.39, 0.29) is 5.91 Å². The molecule has 0 saturated carbocycles. The molecule has 0 heterocycles. The summed E-state index contributed by atoms with van der Waals surface area (Å²) >= 11 is 0. The predicted molar refractivity (Wildman–Crippen MR) is 75.2 cm³/mol. The molecule has 0 aliphatic heterocycles. The van der Waals surface area contributed by atoms with Crippen molar-refractivity contribution in [1.29, 1.82) is 0 Å². The van der Waals surface area contributed by atoms with Crippen LogP contribution in [-0.2, 0) is 19.0 Å². The lowest BCUT2D eigenvalue weighted by Gasteiger charge is -2.08. The second-order valence-corrected chi connectivity index (χ2v) is 4.79. The van der Waals surface area contributed by atoms with E-state index in [1.54, 1.807) is 0 Å². The number of hydrogen-bond donors (Lipinski definition) is 1. The molecule has 5 nitrogen and oxygen atoms in total. The Hall–Kier alpha value is -0.650. The van der Waals surface area contributed by atoms with E-state index in [2.05, 4.69) is 19.2 Å². The number of carbonyl (C=O) groups excluding carboxylic acids is 1. The second kappa shape index (κ2) is 13.8. The number of rotatable bonds is 13. The lowest BCUT2D eigenvalue weighted by Crippen LogP contribution is -2.25. The van der Waals surface area contributed by atoms with Crippen LogP contribution in [0.15, 0.2) is 0 Å². The van der Waals surface area contributed by atoms with Gasteiger partial charge in [-0.05, 0) is 12.3 Å². The molecule has 5 heteroatoms. The maximum atomic E-state index is 11.2. The highest BCUT2D eigenvalue weighted by Gasteiger charge is 1.99. The molecule has 114 valence electrons. The summed E-state index contributed by atoms with van der Waals surface area (Å²) < 4.78 is 16.0. The third-order valence-corrected chi connectivity index (χ3v) is 2.24. The molecule has 0 radical (unpaired) electrons. The zero-order valence-corrected chi connectivity index (χ0v) is 12.6. The molecule has 0 saturated heterocycles. The highest BCUT2D eigenvalue weighted by atomic mass is 16.5. The van der Waals surface area contributed by atoms with Crippen molar-refractivity contribution >= 4 is 5.91 Å². The Morgan fingerprint density at radius 3 is 2.16 bits per heavy atom. The van der Waals surface area contributed by atoms with Crippen molar-refractivity contribution in [2.75, 3.05) is 46.2 Å². The fourth-order valence-corrected chi connectivity index (χ4v) is 1.28. The zero-order chi connectivity index (χ0) is 14.3. The Labute approximate surface area is 117 Å². The molecule has 1 amide bonds. The van der Waals surface area contributed by atoms with Gasteiger partial charge in [0.1, 0.15) is 0 Å². The van der Waals surface area contributed by atoms with Crippen LogP contribution in [0.3, 0.4) is 0 Å². The number of carbonyl (C=O) groups is 1. The topological polar surface area (TPSA) is 56.8 Å². The van der Waals surface area contributed by atoms with Crippen LogP contribution < -0.4 is 5.32 Å². The van der Waals surface area contributed by atoms with Crippen LogP contribution in [-0.4, -0.2) is 52.1 Å². The van der Waals surface area contributed by atoms with Crippen molar-refractivity contribution in [2.45, 2.75) is 33.6 Å². The van der Waals surface area contributed by atoms with Crippen LogP contribution in [0.4, 0.5) is 0 Å². The Kier molecular flexibility index (Phi) is 13.3. The van der Waals surface area contributed by atoms with Crippen LogP contribution in [0.1, 0.15) is 33.6 Å². The molecule has 0 aliphatic carbocycles. The maximum absolute atomic E-state index is 11.2. The van der Waals surface area contributed by atoms with Gasteiger partial charge in [0, 0.05) is 19.6 Å². The monoisotopic (exact) mass is 275 g/mol. The van der Waals surface area contributed by atoms with E-state index in [4.69, 9.17) is 14.2 Å². The van der Waals surface area contributed by atoms with Gasteiger partial charge in [-0.2, -0.15) is 0 Å². The van der Waals surface area contributed by atoms with Gasteiger partial charge in [0.05, 0.1) is 33.0 Å². The summed E-state index contributed by atoms with van der Waals surface area (Å²) in [6.07, 6.45) is 1.37. The van der Waals surface area contributed by atoms with Crippen LogP contribution in [0.2, 0.25) is 0 Å². The average Bonchev–Trinajstić information content (AvgIpc) is 2.38. The molecule has 1 N–H and O–H groups in total. The van der Waals surface area contributed by atoms with Crippen molar-refractivity contribution in [2.24, 2.45) is 5.92 Å². The highest BCUT2D eigenvalue weighted by molar-refractivity contribution is 5.75. The molecule has 0 unspecified atom stereocenters. The molecule has 0 rings (SSSR count). The van der Waals surface area contributed by atoms with Crippen molar-refractivity contribution in [1.82, 2.24) is 5.32 Å².